The summed E-state index contributed by atoms with van der Waals surface area (Å²) in [5.41, 5.74) is 1.71. The molecule has 0 unspecified atom stereocenters. The van der Waals surface area contributed by atoms with Crippen molar-refractivity contribution in [1.82, 2.24) is 0 Å². The molecule has 1 aliphatic carbocycles. The maximum atomic E-state index is 2.33. The van der Waals surface area contributed by atoms with Crippen LogP contribution in [0.3, 0.4) is 0 Å². The van der Waals surface area contributed by atoms with Crippen LogP contribution in [0.2, 0.25) is 0 Å². The van der Waals surface area contributed by atoms with Crippen molar-refractivity contribution >= 4 is 0 Å². The molecule has 1 fully saturated rings. The first-order valence-electron chi connectivity index (χ1n) is 5.57. The largest absolute Gasteiger partial charge is 0.0885 e. The summed E-state index contributed by atoms with van der Waals surface area (Å²) < 4.78 is 0. The molecule has 0 saturated heterocycles. The Morgan fingerprint density at radius 2 is 1.17 bits per heavy atom. The fraction of sp³-hybridized carbons (Fsp3) is 0.833. The Morgan fingerprint density at radius 3 is 1.58 bits per heavy atom. The van der Waals surface area contributed by atoms with Gasteiger partial charge in [-0.1, -0.05) is 43.8 Å². The number of rotatable bonds is 0. The smallest absolute Gasteiger partial charge is 0.0320 e. The van der Waals surface area contributed by atoms with Gasteiger partial charge in [0, 0.05) is 0 Å². The Hall–Kier alpha value is -0.260. The highest BCUT2D eigenvalue weighted by Gasteiger charge is 2.00. The predicted molar refractivity (Wildman–Crippen MR) is 55.3 cm³/mol. The second-order valence-corrected chi connectivity index (χ2v) is 3.92. The van der Waals surface area contributed by atoms with Crippen LogP contribution < -0.4 is 0 Å². The summed E-state index contributed by atoms with van der Waals surface area (Å²) in [5.74, 6) is 0. The molecule has 70 valence electrons. The number of hydrogen-bond acceptors (Lipinski definition) is 0. The molecular formula is C12H22. The van der Waals surface area contributed by atoms with Gasteiger partial charge in [0.1, 0.15) is 0 Å². The summed E-state index contributed by atoms with van der Waals surface area (Å²) in [6, 6.07) is 0. The lowest BCUT2D eigenvalue weighted by Crippen LogP contribution is -1.90. The highest BCUT2D eigenvalue weighted by Crippen LogP contribution is 2.20. The monoisotopic (exact) mass is 166 g/mol. The summed E-state index contributed by atoms with van der Waals surface area (Å²) in [6.45, 7) is 2.20. The van der Waals surface area contributed by atoms with E-state index >= 15 is 0 Å². The fourth-order valence-corrected chi connectivity index (χ4v) is 2.00. The molecule has 0 amide bonds. The molecule has 0 heterocycles. The normalized spacial score (nSPS) is 21.9. The lowest BCUT2D eigenvalue weighted by atomic mass is 9.97. The molecule has 0 radical (unpaired) electrons. The van der Waals surface area contributed by atoms with E-state index in [0.717, 1.165) is 0 Å². The average Bonchev–Trinajstić information content (AvgIpc) is 2.14. The minimum atomic E-state index is 1.37. The third-order valence-corrected chi connectivity index (χ3v) is 2.90. The van der Waals surface area contributed by atoms with Crippen molar-refractivity contribution in [2.24, 2.45) is 0 Å². The van der Waals surface area contributed by atoms with Crippen LogP contribution in [0.1, 0.15) is 64.7 Å². The molecule has 1 aliphatic rings. The van der Waals surface area contributed by atoms with Gasteiger partial charge in [-0.2, -0.15) is 0 Å². The standard InChI is InChI=1S/C12H22/c1-2-12-10-8-6-4-3-5-7-9-11-12/h2H,3-11H2,1H3. The molecule has 0 nitrogen and oxygen atoms in total. The zero-order valence-corrected chi connectivity index (χ0v) is 8.44. The predicted octanol–water partition coefficient (Wildman–Crippen LogP) is 4.46. The molecular weight excluding hydrogens is 144 g/mol. The topological polar surface area (TPSA) is 0 Å². The SMILES string of the molecule is CC=C1CCCCCCCCC1. The summed E-state index contributed by atoms with van der Waals surface area (Å²) in [7, 11) is 0. The highest BCUT2D eigenvalue weighted by molar-refractivity contribution is 4.99. The quantitative estimate of drug-likeness (QED) is 0.466. The van der Waals surface area contributed by atoms with E-state index < -0.39 is 0 Å². The Morgan fingerprint density at radius 1 is 0.750 bits per heavy atom. The van der Waals surface area contributed by atoms with Crippen molar-refractivity contribution in [2.45, 2.75) is 64.7 Å². The van der Waals surface area contributed by atoms with Crippen LogP contribution in [0, 0.1) is 0 Å². The third-order valence-electron chi connectivity index (χ3n) is 2.90. The van der Waals surface area contributed by atoms with Crippen LogP contribution in [0.25, 0.3) is 0 Å². The Balaban J connectivity index is 2.27. The average molecular weight is 166 g/mol. The summed E-state index contributed by atoms with van der Waals surface area (Å²) >= 11 is 0. The van der Waals surface area contributed by atoms with Gasteiger partial charge in [-0.25, -0.2) is 0 Å². The fourth-order valence-electron chi connectivity index (χ4n) is 2.00. The van der Waals surface area contributed by atoms with Crippen LogP contribution >= 0.6 is 0 Å². The molecule has 0 aromatic heterocycles. The molecule has 0 bridgehead atoms. The van der Waals surface area contributed by atoms with E-state index in [2.05, 4.69) is 13.0 Å². The van der Waals surface area contributed by atoms with Gasteiger partial charge < -0.3 is 0 Å². The molecule has 0 spiro atoms. The van der Waals surface area contributed by atoms with Gasteiger partial charge in [0.15, 0.2) is 0 Å². The third kappa shape index (κ3) is 3.94. The lowest BCUT2D eigenvalue weighted by Gasteiger charge is -2.09. The molecule has 0 aromatic carbocycles. The maximum Gasteiger partial charge on any atom is -0.0320 e. The number of allylic oxidation sites excluding steroid dienone is 2. The van der Waals surface area contributed by atoms with Gasteiger partial charge >= 0.3 is 0 Å². The zero-order chi connectivity index (χ0) is 8.65. The van der Waals surface area contributed by atoms with Crippen molar-refractivity contribution < 1.29 is 0 Å². The first kappa shape index (κ1) is 9.83. The van der Waals surface area contributed by atoms with E-state index in [4.69, 9.17) is 0 Å². The van der Waals surface area contributed by atoms with Crippen molar-refractivity contribution in [1.29, 1.82) is 0 Å². The van der Waals surface area contributed by atoms with Crippen LogP contribution in [0.5, 0.6) is 0 Å². The highest BCUT2D eigenvalue weighted by atomic mass is 14.1. The Labute approximate surface area is 77.1 Å². The van der Waals surface area contributed by atoms with Gasteiger partial charge in [-0.3, -0.25) is 0 Å². The van der Waals surface area contributed by atoms with Crippen molar-refractivity contribution in [3.05, 3.63) is 11.6 Å². The van der Waals surface area contributed by atoms with E-state index in [-0.39, 0.29) is 0 Å². The lowest BCUT2D eigenvalue weighted by molar-refractivity contribution is 0.551. The Bertz CT molecular complexity index is 121. The second-order valence-electron chi connectivity index (χ2n) is 3.92. The molecule has 0 aromatic rings. The van der Waals surface area contributed by atoms with Crippen molar-refractivity contribution in [2.75, 3.05) is 0 Å². The molecule has 1 rings (SSSR count). The zero-order valence-electron chi connectivity index (χ0n) is 8.44. The maximum absolute atomic E-state index is 2.33. The molecule has 0 N–H and O–H groups in total. The van der Waals surface area contributed by atoms with Gasteiger partial charge in [-0.05, 0) is 32.6 Å². The van der Waals surface area contributed by atoms with Crippen LogP contribution in [0.15, 0.2) is 11.6 Å². The minimum Gasteiger partial charge on any atom is -0.0885 e. The van der Waals surface area contributed by atoms with E-state index in [1.54, 1.807) is 5.57 Å². The van der Waals surface area contributed by atoms with E-state index in [9.17, 15) is 0 Å². The first-order valence-corrected chi connectivity index (χ1v) is 5.57. The van der Waals surface area contributed by atoms with Crippen LogP contribution in [-0.2, 0) is 0 Å². The molecule has 1 saturated carbocycles. The van der Waals surface area contributed by atoms with Crippen molar-refractivity contribution in [3.8, 4) is 0 Å². The van der Waals surface area contributed by atoms with E-state index in [1.165, 1.54) is 57.8 Å². The van der Waals surface area contributed by atoms with Crippen LogP contribution in [-0.4, -0.2) is 0 Å². The summed E-state index contributed by atoms with van der Waals surface area (Å²) in [4.78, 5) is 0. The molecule has 0 atom stereocenters. The molecule has 12 heavy (non-hydrogen) atoms. The Kier molecular flexibility index (Phi) is 5.14. The van der Waals surface area contributed by atoms with Gasteiger partial charge in [0.2, 0.25) is 0 Å². The van der Waals surface area contributed by atoms with Gasteiger partial charge in [0.25, 0.3) is 0 Å². The van der Waals surface area contributed by atoms with Gasteiger partial charge in [-0.15, -0.1) is 0 Å². The van der Waals surface area contributed by atoms with Crippen LogP contribution in [0.4, 0.5) is 0 Å². The van der Waals surface area contributed by atoms with E-state index in [0.29, 0.717) is 0 Å². The first-order chi connectivity index (χ1) is 5.93. The minimum absolute atomic E-state index is 1.37. The number of hydrogen-bond donors (Lipinski definition) is 0. The molecule has 0 heteroatoms. The van der Waals surface area contributed by atoms with Crippen molar-refractivity contribution in [3.63, 3.8) is 0 Å². The summed E-state index contributed by atoms with van der Waals surface area (Å²) in [6.07, 6.45) is 15.3. The van der Waals surface area contributed by atoms with Gasteiger partial charge in [0.05, 0.1) is 0 Å². The molecule has 0 aliphatic heterocycles. The summed E-state index contributed by atoms with van der Waals surface area (Å²) in [5, 5.41) is 0. The second kappa shape index (κ2) is 6.28. The van der Waals surface area contributed by atoms with E-state index in [1.807, 2.05) is 0 Å².